The molecule has 4 nitrogen and oxygen atoms in total. The fraction of sp³-hybridized carbons (Fsp3) is 0.391. The van der Waals surface area contributed by atoms with E-state index >= 15 is 0 Å². The summed E-state index contributed by atoms with van der Waals surface area (Å²) in [4.78, 5) is 25.3. The van der Waals surface area contributed by atoms with Gasteiger partial charge in [0.15, 0.2) is 4.84 Å². The average molecular weight is 558 g/mol. The van der Waals surface area contributed by atoms with Crippen LogP contribution in [-0.4, -0.2) is 45.9 Å². The molecule has 2 unspecified atom stereocenters. The predicted octanol–water partition coefficient (Wildman–Crippen LogP) is 6.35. The molecule has 186 valence electrons. The third-order valence-electron chi connectivity index (χ3n) is 5.11. The number of anilines is 1. The molecule has 1 aliphatic rings. The third kappa shape index (κ3) is 7.67. The Kier molecular flexibility index (Phi) is 10.8. The minimum atomic E-state index is -4.44. The van der Waals surface area contributed by atoms with Crippen molar-refractivity contribution in [2.24, 2.45) is 5.92 Å². The monoisotopic (exact) mass is 556 g/mol. The summed E-state index contributed by atoms with van der Waals surface area (Å²) in [6.45, 7) is 3.28. The van der Waals surface area contributed by atoms with E-state index in [-0.39, 0.29) is 29.9 Å². The van der Waals surface area contributed by atoms with Crippen LogP contribution in [0.1, 0.15) is 18.1 Å². The van der Waals surface area contributed by atoms with Crippen molar-refractivity contribution in [2.45, 2.75) is 29.9 Å². The van der Waals surface area contributed by atoms with E-state index in [1.54, 1.807) is 4.90 Å². The lowest BCUT2D eigenvalue weighted by atomic mass is 10.1. The number of hydrogen-bond acceptors (Lipinski definition) is 2. The molecule has 3 rings (SSSR count). The summed E-state index contributed by atoms with van der Waals surface area (Å²) in [6, 6.07) is 14.4. The van der Waals surface area contributed by atoms with Gasteiger partial charge < -0.3 is 9.80 Å². The normalized spacial score (nSPS) is 18.0. The maximum absolute atomic E-state index is 12.6. The number of rotatable bonds is 6. The largest absolute Gasteiger partial charge is 0.416 e. The SMILES string of the molecule is CCN(Cc1ccccc1)C(=O)C(Cl)Cl.O=C1C(Cl)C(CCl)CN1c1cccc(C(F)(F)F)c1. The first-order valence-corrected chi connectivity index (χ1v) is 12.1. The van der Waals surface area contributed by atoms with Crippen LogP contribution >= 0.6 is 46.4 Å². The van der Waals surface area contributed by atoms with E-state index in [0.717, 1.165) is 17.7 Å². The van der Waals surface area contributed by atoms with E-state index in [0.29, 0.717) is 13.1 Å². The van der Waals surface area contributed by atoms with Crippen molar-refractivity contribution in [1.82, 2.24) is 4.90 Å². The zero-order valence-electron chi connectivity index (χ0n) is 18.1. The molecule has 2 aromatic rings. The molecule has 2 aromatic carbocycles. The molecule has 0 aromatic heterocycles. The van der Waals surface area contributed by atoms with E-state index in [2.05, 4.69) is 0 Å². The Labute approximate surface area is 216 Å². The Morgan fingerprint density at radius 2 is 1.79 bits per heavy atom. The number of halogens is 7. The van der Waals surface area contributed by atoms with Crippen LogP contribution in [0.5, 0.6) is 0 Å². The lowest BCUT2D eigenvalue weighted by Crippen LogP contribution is -2.34. The summed E-state index contributed by atoms with van der Waals surface area (Å²) in [6.07, 6.45) is -4.44. The predicted molar refractivity (Wildman–Crippen MR) is 131 cm³/mol. The first-order valence-electron chi connectivity index (χ1n) is 10.3. The average Bonchev–Trinajstić information content (AvgIpc) is 3.11. The Bertz CT molecular complexity index is 961. The van der Waals surface area contributed by atoms with Gasteiger partial charge in [-0.15, -0.1) is 23.2 Å². The molecule has 0 radical (unpaired) electrons. The number of carbonyl (C=O) groups is 2. The minimum absolute atomic E-state index is 0.190. The molecule has 1 saturated heterocycles. The van der Waals surface area contributed by atoms with Crippen LogP contribution in [0.4, 0.5) is 18.9 Å². The van der Waals surface area contributed by atoms with Gasteiger partial charge in [-0.25, -0.2) is 0 Å². The second-order valence-corrected chi connectivity index (χ2v) is 9.33. The summed E-state index contributed by atoms with van der Waals surface area (Å²) in [7, 11) is 0. The molecule has 11 heteroatoms. The molecule has 0 saturated carbocycles. The van der Waals surface area contributed by atoms with Gasteiger partial charge in [0.05, 0.1) is 5.56 Å². The van der Waals surface area contributed by atoms with Gasteiger partial charge in [0.2, 0.25) is 5.91 Å². The maximum atomic E-state index is 12.6. The fourth-order valence-electron chi connectivity index (χ4n) is 3.26. The fourth-order valence-corrected chi connectivity index (χ4v) is 4.19. The second kappa shape index (κ2) is 12.9. The molecular formula is C23H23Cl4F3N2O2. The van der Waals surface area contributed by atoms with Crippen molar-refractivity contribution in [3.63, 3.8) is 0 Å². The number of nitrogens with zero attached hydrogens (tertiary/aromatic N) is 2. The highest BCUT2D eigenvalue weighted by molar-refractivity contribution is 6.53. The smallest absolute Gasteiger partial charge is 0.336 e. The molecule has 1 fully saturated rings. The Hall–Kier alpha value is -1.67. The summed E-state index contributed by atoms with van der Waals surface area (Å²) in [5.41, 5.74) is 0.470. The van der Waals surface area contributed by atoms with Gasteiger partial charge in [0.1, 0.15) is 5.38 Å². The molecule has 0 aliphatic carbocycles. The molecule has 0 N–H and O–H groups in total. The van der Waals surface area contributed by atoms with E-state index < -0.39 is 27.9 Å². The van der Waals surface area contributed by atoms with Gasteiger partial charge in [-0.05, 0) is 30.7 Å². The van der Waals surface area contributed by atoms with Crippen LogP contribution < -0.4 is 4.90 Å². The van der Waals surface area contributed by atoms with Crippen molar-refractivity contribution >= 4 is 63.9 Å². The van der Waals surface area contributed by atoms with Gasteiger partial charge in [-0.3, -0.25) is 9.59 Å². The third-order valence-corrected chi connectivity index (χ3v) is 6.43. The molecule has 1 aliphatic heterocycles. The van der Waals surface area contributed by atoms with E-state index in [9.17, 15) is 22.8 Å². The highest BCUT2D eigenvalue weighted by Gasteiger charge is 2.40. The number of carbonyl (C=O) groups excluding carboxylic acids is 2. The number of amides is 2. The summed E-state index contributed by atoms with van der Waals surface area (Å²) >= 11 is 22.7. The highest BCUT2D eigenvalue weighted by Crippen LogP contribution is 2.34. The second-order valence-electron chi connectivity index (χ2n) is 7.45. The zero-order valence-corrected chi connectivity index (χ0v) is 21.1. The summed E-state index contributed by atoms with van der Waals surface area (Å²) < 4.78 is 37.9. The Balaban J connectivity index is 0.000000248. The van der Waals surface area contributed by atoms with Crippen molar-refractivity contribution in [3.8, 4) is 0 Å². The van der Waals surface area contributed by atoms with Crippen LogP contribution in [0.15, 0.2) is 54.6 Å². The molecule has 2 atom stereocenters. The molecular weight excluding hydrogens is 535 g/mol. The zero-order chi connectivity index (χ0) is 25.5. The quantitative estimate of drug-likeness (QED) is 0.388. The minimum Gasteiger partial charge on any atom is -0.336 e. The first kappa shape index (κ1) is 28.6. The standard InChI is InChI=1S/C12H10Cl2F3NO.C11H13Cl2NO/c13-5-7-6-18(11(19)10(7)14)9-3-1-2-8(4-9)12(15,16)17;1-2-14(11(15)10(12)13)8-9-6-4-3-5-7-9/h1-4,7,10H,5-6H2;3-7,10H,2,8H2,1H3. The molecule has 34 heavy (non-hydrogen) atoms. The number of alkyl halides is 7. The van der Waals surface area contributed by atoms with Crippen molar-refractivity contribution in [3.05, 3.63) is 65.7 Å². The van der Waals surface area contributed by atoms with Crippen LogP contribution in [0.3, 0.4) is 0 Å². The highest BCUT2D eigenvalue weighted by atomic mass is 35.5. The number of hydrogen-bond donors (Lipinski definition) is 0. The van der Waals surface area contributed by atoms with Crippen LogP contribution in [0, 0.1) is 5.92 Å². The summed E-state index contributed by atoms with van der Waals surface area (Å²) in [5, 5.41) is -0.785. The lowest BCUT2D eigenvalue weighted by Gasteiger charge is -2.21. The first-order chi connectivity index (χ1) is 16.0. The Morgan fingerprint density at radius 3 is 2.29 bits per heavy atom. The van der Waals surface area contributed by atoms with E-state index in [1.165, 1.54) is 17.0 Å². The Morgan fingerprint density at radius 1 is 1.15 bits per heavy atom. The molecule has 0 bridgehead atoms. The van der Waals surface area contributed by atoms with Gasteiger partial charge in [0.25, 0.3) is 5.91 Å². The van der Waals surface area contributed by atoms with Gasteiger partial charge >= 0.3 is 6.18 Å². The molecule has 0 spiro atoms. The van der Waals surface area contributed by atoms with Gasteiger partial charge in [-0.2, -0.15) is 13.2 Å². The van der Waals surface area contributed by atoms with Gasteiger partial charge in [-0.1, -0.05) is 59.6 Å². The van der Waals surface area contributed by atoms with Crippen molar-refractivity contribution in [1.29, 1.82) is 0 Å². The van der Waals surface area contributed by atoms with Gasteiger partial charge in [0, 0.05) is 37.1 Å². The van der Waals surface area contributed by atoms with Crippen molar-refractivity contribution in [2.75, 3.05) is 23.9 Å². The van der Waals surface area contributed by atoms with Crippen LogP contribution in [0.2, 0.25) is 0 Å². The number of benzene rings is 2. The molecule has 1 heterocycles. The van der Waals surface area contributed by atoms with E-state index in [1.807, 2.05) is 37.3 Å². The van der Waals surface area contributed by atoms with Crippen molar-refractivity contribution < 1.29 is 22.8 Å². The van der Waals surface area contributed by atoms with Crippen LogP contribution in [0.25, 0.3) is 0 Å². The van der Waals surface area contributed by atoms with E-state index in [4.69, 9.17) is 46.4 Å². The maximum Gasteiger partial charge on any atom is 0.416 e. The lowest BCUT2D eigenvalue weighted by molar-refractivity contribution is -0.137. The topological polar surface area (TPSA) is 40.6 Å². The summed E-state index contributed by atoms with van der Waals surface area (Å²) in [5.74, 6) is -0.725. The van der Waals surface area contributed by atoms with Crippen LogP contribution in [-0.2, 0) is 22.3 Å². The molecule has 2 amide bonds.